The fourth-order valence-electron chi connectivity index (χ4n) is 2.91. The smallest absolute Gasteiger partial charge is 0.222 e. The number of ether oxygens (including phenoxy) is 2. The first-order valence-electron chi connectivity index (χ1n) is 10.6. The molecule has 0 bridgehead atoms. The number of aryl methyl sites for hydroxylation is 1. The van der Waals surface area contributed by atoms with Gasteiger partial charge in [-0.1, -0.05) is 42.5 Å². The van der Waals surface area contributed by atoms with E-state index in [-0.39, 0.29) is 29.9 Å². The number of nitrogens with one attached hydrogen (secondary N) is 3. The normalized spacial score (nSPS) is 10.8. The van der Waals surface area contributed by atoms with Gasteiger partial charge in [-0.25, -0.2) is 0 Å². The number of carbonyl (C=O) groups is 1. The predicted octanol–water partition coefficient (Wildman–Crippen LogP) is 3.40. The van der Waals surface area contributed by atoms with E-state index in [4.69, 9.17) is 9.47 Å². The van der Waals surface area contributed by atoms with Gasteiger partial charge in [-0.05, 0) is 24.1 Å². The first kappa shape index (κ1) is 27.7. The fourth-order valence-corrected chi connectivity index (χ4v) is 2.91. The molecule has 0 spiro atoms. The highest BCUT2D eigenvalue weighted by molar-refractivity contribution is 14.0. The van der Waals surface area contributed by atoms with Crippen molar-refractivity contribution in [3.8, 4) is 5.75 Å². The number of amides is 1. The summed E-state index contributed by atoms with van der Waals surface area (Å²) in [6, 6.07) is 16.0. The van der Waals surface area contributed by atoms with Crippen LogP contribution in [0.5, 0.6) is 5.75 Å². The van der Waals surface area contributed by atoms with Crippen molar-refractivity contribution in [2.24, 2.45) is 4.99 Å². The van der Waals surface area contributed by atoms with Crippen LogP contribution >= 0.6 is 24.0 Å². The summed E-state index contributed by atoms with van der Waals surface area (Å²) in [4.78, 5) is 16.3. The molecule has 32 heavy (non-hydrogen) atoms. The third-order valence-corrected chi connectivity index (χ3v) is 4.62. The third kappa shape index (κ3) is 10.8. The van der Waals surface area contributed by atoms with E-state index in [0.29, 0.717) is 45.2 Å². The maximum atomic E-state index is 12.1. The number of rotatable bonds is 12. The Kier molecular flexibility index (Phi) is 14.1. The van der Waals surface area contributed by atoms with Gasteiger partial charge in [-0.2, -0.15) is 0 Å². The van der Waals surface area contributed by atoms with E-state index < -0.39 is 0 Å². The molecule has 2 aromatic carbocycles. The minimum atomic E-state index is -0.00270. The van der Waals surface area contributed by atoms with Crippen molar-refractivity contribution in [3.63, 3.8) is 0 Å². The van der Waals surface area contributed by atoms with Crippen LogP contribution in [0.3, 0.4) is 0 Å². The lowest BCUT2D eigenvalue weighted by Gasteiger charge is -2.15. The Morgan fingerprint density at radius 2 is 1.78 bits per heavy atom. The van der Waals surface area contributed by atoms with Crippen LogP contribution in [-0.4, -0.2) is 45.8 Å². The molecule has 0 aliphatic carbocycles. The van der Waals surface area contributed by atoms with Crippen LogP contribution in [0.1, 0.15) is 29.5 Å². The van der Waals surface area contributed by atoms with Gasteiger partial charge in [-0.3, -0.25) is 9.79 Å². The lowest BCUT2D eigenvalue weighted by atomic mass is 10.1. The molecule has 0 fully saturated rings. The van der Waals surface area contributed by atoms with Crippen molar-refractivity contribution in [1.82, 2.24) is 16.0 Å². The minimum absolute atomic E-state index is 0. The largest absolute Gasteiger partial charge is 0.493 e. The summed E-state index contributed by atoms with van der Waals surface area (Å²) in [6.07, 6.45) is 1.21. The maximum absolute atomic E-state index is 12.1. The molecule has 0 saturated carbocycles. The van der Waals surface area contributed by atoms with Crippen molar-refractivity contribution in [1.29, 1.82) is 0 Å². The highest BCUT2D eigenvalue weighted by Crippen LogP contribution is 2.20. The van der Waals surface area contributed by atoms with E-state index in [0.717, 1.165) is 28.9 Å². The summed E-state index contributed by atoms with van der Waals surface area (Å²) >= 11 is 0. The molecule has 3 N–H and O–H groups in total. The Balaban J connectivity index is 0.00000512. The summed E-state index contributed by atoms with van der Waals surface area (Å²) in [5.41, 5.74) is 3.28. The lowest BCUT2D eigenvalue weighted by Crippen LogP contribution is -2.39. The summed E-state index contributed by atoms with van der Waals surface area (Å²) in [5.74, 6) is 1.50. The quantitative estimate of drug-likeness (QED) is 0.162. The maximum Gasteiger partial charge on any atom is 0.222 e. The van der Waals surface area contributed by atoms with Crippen LogP contribution in [0, 0.1) is 6.92 Å². The Bertz CT molecular complexity index is 831. The van der Waals surface area contributed by atoms with Gasteiger partial charge in [0.15, 0.2) is 5.96 Å². The summed E-state index contributed by atoms with van der Waals surface area (Å²) < 4.78 is 11.0. The Labute approximate surface area is 208 Å². The van der Waals surface area contributed by atoms with Crippen LogP contribution in [0.15, 0.2) is 53.5 Å². The van der Waals surface area contributed by atoms with Crippen molar-refractivity contribution >= 4 is 35.8 Å². The molecule has 0 aliphatic rings. The van der Waals surface area contributed by atoms with Crippen LogP contribution in [0.4, 0.5) is 0 Å². The molecule has 8 heteroatoms. The second kappa shape index (κ2) is 16.3. The fraction of sp³-hybridized carbons (Fsp3) is 0.417. The minimum Gasteiger partial charge on any atom is -0.493 e. The molecule has 7 nitrogen and oxygen atoms in total. The van der Waals surface area contributed by atoms with Crippen molar-refractivity contribution in [2.75, 3.05) is 33.9 Å². The van der Waals surface area contributed by atoms with E-state index in [1.807, 2.05) is 43.3 Å². The van der Waals surface area contributed by atoms with Gasteiger partial charge in [0.1, 0.15) is 5.75 Å². The zero-order valence-electron chi connectivity index (χ0n) is 19.1. The molecule has 176 valence electrons. The predicted molar refractivity (Wildman–Crippen MR) is 140 cm³/mol. The average molecular weight is 554 g/mol. The number of guanidine groups is 1. The molecule has 0 aliphatic heterocycles. The molecular formula is C24H35IN4O3. The van der Waals surface area contributed by atoms with Gasteiger partial charge in [0.25, 0.3) is 0 Å². The molecule has 0 saturated heterocycles. The molecule has 0 radical (unpaired) electrons. The zero-order valence-corrected chi connectivity index (χ0v) is 21.5. The summed E-state index contributed by atoms with van der Waals surface area (Å²) in [6.45, 7) is 4.92. The SMILES string of the molecule is CN=C(NCCC(=O)NCc1ccccc1)NCc1ccc(C)cc1OCCCOC.I. The monoisotopic (exact) mass is 554 g/mol. The number of hydrogen-bond acceptors (Lipinski definition) is 4. The number of carbonyl (C=O) groups excluding carboxylic acids is 1. The van der Waals surface area contributed by atoms with Gasteiger partial charge in [0.2, 0.25) is 5.91 Å². The van der Waals surface area contributed by atoms with E-state index in [1.165, 1.54) is 0 Å². The molecule has 0 aromatic heterocycles. The van der Waals surface area contributed by atoms with Crippen molar-refractivity contribution in [2.45, 2.75) is 32.9 Å². The van der Waals surface area contributed by atoms with E-state index >= 15 is 0 Å². The topological polar surface area (TPSA) is 84.0 Å². The van der Waals surface area contributed by atoms with Gasteiger partial charge < -0.3 is 25.4 Å². The standard InChI is InChI=1S/C24H34N4O3.HI/c1-19-10-11-21(22(16-19)31-15-7-14-30-3)18-28-24(25-2)26-13-12-23(29)27-17-20-8-5-4-6-9-20;/h4-6,8-11,16H,7,12-15,17-18H2,1-3H3,(H,27,29)(H2,25,26,28);1H. The Hall–Kier alpha value is -2.33. The van der Waals surface area contributed by atoms with Gasteiger partial charge in [0.05, 0.1) is 6.61 Å². The number of methoxy groups -OCH3 is 1. The molecule has 1 amide bonds. The second-order valence-corrected chi connectivity index (χ2v) is 7.17. The highest BCUT2D eigenvalue weighted by Gasteiger charge is 2.07. The van der Waals surface area contributed by atoms with Gasteiger partial charge in [-0.15, -0.1) is 24.0 Å². The van der Waals surface area contributed by atoms with Crippen molar-refractivity contribution in [3.05, 3.63) is 65.2 Å². The molecule has 2 rings (SSSR count). The van der Waals surface area contributed by atoms with Crippen LogP contribution in [0.25, 0.3) is 0 Å². The molecule has 0 unspecified atom stereocenters. The summed E-state index contributed by atoms with van der Waals surface area (Å²) in [5, 5.41) is 9.39. The van der Waals surface area contributed by atoms with Gasteiger partial charge >= 0.3 is 0 Å². The third-order valence-electron chi connectivity index (χ3n) is 4.62. The van der Waals surface area contributed by atoms with Crippen LogP contribution < -0.4 is 20.7 Å². The molecule has 0 atom stereocenters. The Morgan fingerprint density at radius 3 is 2.50 bits per heavy atom. The lowest BCUT2D eigenvalue weighted by molar-refractivity contribution is -0.121. The van der Waals surface area contributed by atoms with Crippen molar-refractivity contribution < 1.29 is 14.3 Å². The number of hydrogen-bond donors (Lipinski definition) is 3. The first-order chi connectivity index (χ1) is 15.1. The number of nitrogens with zero attached hydrogens (tertiary/aromatic N) is 1. The van der Waals surface area contributed by atoms with E-state index in [2.05, 4.69) is 33.1 Å². The number of aliphatic imine (C=N–C) groups is 1. The van der Waals surface area contributed by atoms with E-state index in [1.54, 1.807) is 14.2 Å². The highest BCUT2D eigenvalue weighted by atomic mass is 127. The van der Waals surface area contributed by atoms with E-state index in [9.17, 15) is 4.79 Å². The number of halogens is 1. The second-order valence-electron chi connectivity index (χ2n) is 7.17. The first-order valence-corrected chi connectivity index (χ1v) is 10.6. The number of benzene rings is 2. The molecule has 2 aromatic rings. The van der Waals surface area contributed by atoms with Crippen LogP contribution in [-0.2, 0) is 22.6 Å². The molecular weight excluding hydrogens is 519 g/mol. The average Bonchev–Trinajstić information content (AvgIpc) is 2.79. The zero-order chi connectivity index (χ0) is 22.3. The van der Waals surface area contributed by atoms with Crippen LogP contribution in [0.2, 0.25) is 0 Å². The Morgan fingerprint density at radius 1 is 1.00 bits per heavy atom. The van der Waals surface area contributed by atoms with Gasteiger partial charge in [0, 0.05) is 58.8 Å². The summed E-state index contributed by atoms with van der Waals surface area (Å²) in [7, 11) is 3.40. The molecule has 0 heterocycles.